The number of halogens is 1. The lowest BCUT2D eigenvalue weighted by Gasteiger charge is -2.63. The van der Waals surface area contributed by atoms with E-state index in [1.807, 2.05) is 0 Å². The predicted molar refractivity (Wildman–Crippen MR) is 137 cm³/mol. The third-order valence-electron chi connectivity index (χ3n) is 11.8. The molecule has 2 nitrogen and oxygen atoms in total. The van der Waals surface area contributed by atoms with Gasteiger partial charge in [0.2, 0.25) is 0 Å². The predicted octanol–water partition coefficient (Wildman–Crippen LogP) is 7.80. The Bertz CT molecular complexity index is 705. The summed E-state index contributed by atoms with van der Waals surface area (Å²) in [6, 6.07) is 0. The van der Waals surface area contributed by atoms with Crippen LogP contribution in [0.25, 0.3) is 0 Å². The van der Waals surface area contributed by atoms with Crippen LogP contribution in [0.1, 0.15) is 112 Å². The van der Waals surface area contributed by atoms with Gasteiger partial charge in [-0.15, -0.1) is 0 Å². The van der Waals surface area contributed by atoms with Crippen LogP contribution >= 0.6 is 15.9 Å². The van der Waals surface area contributed by atoms with Crippen molar-refractivity contribution in [2.45, 2.75) is 123 Å². The van der Waals surface area contributed by atoms with Gasteiger partial charge < -0.3 is 5.11 Å². The highest BCUT2D eigenvalue weighted by atomic mass is 79.9. The Morgan fingerprint density at radius 3 is 2.41 bits per heavy atom. The SMILES string of the molecule is CC[C@H](CC[C@@H](C)[C@H]1CC[C@H]2[C@@H]3CC(=O)[C@@]4(Br)C[C@@H](O)CC[C@]4(C)[C@H]3CC[C@]12C)C(C)C. The molecule has 0 amide bonds. The smallest absolute Gasteiger partial charge is 0.150 e. The lowest BCUT2D eigenvalue weighted by molar-refractivity contribution is -0.152. The minimum atomic E-state index is -0.496. The number of carbonyl (C=O) groups excluding carboxylic acids is 1. The first-order valence-corrected chi connectivity index (χ1v) is 14.7. The number of ketones is 1. The summed E-state index contributed by atoms with van der Waals surface area (Å²) in [6.45, 7) is 14.7. The zero-order valence-electron chi connectivity index (χ0n) is 21.6. The molecule has 184 valence electrons. The van der Waals surface area contributed by atoms with Gasteiger partial charge in [-0.2, -0.15) is 0 Å². The molecule has 0 saturated heterocycles. The maximum atomic E-state index is 13.6. The van der Waals surface area contributed by atoms with Crippen LogP contribution in [0.5, 0.6) is 0 Å². The molecule has 1 N–H and O–H groups in total. The quantitative estimate of drug-likeness (QED) is 0.371. The van der Waals surface area contributed by atoms with E-state index in [4.69, 9.17) is 0 Å². The number of alkyl halides is 1. The lowest BCUT2D eigenvalue weighted by atomic mass is 9.44. The van der Waals surface area contributed by atoms with Crippen molar-refractivity contribution in [1.82, 2.24) is 0 Å². The number of hydrogen-bond donors (Lipinski definition) is 1. The van der Waals surface area contributed by atoms with Crippen molar-refractivity contribution < 1.29 is 9.90 Å². The first-order valence-electron chi connectivity index (χ1n) is 13.9. The minimum absolute atomic E-state index is 0.00285. The fourth-order valence-electron chi connectivity index (χ4n) is 9.64. The van der Waals surface area contributed by atoms with E-state index in [2.05, 4.69) is 57.5 Å². The van der Waals surface area contributed by atoms with Crippen LogP contribution in [0.3, 0.4) is 0 Å². The Morgan fingerprint density at radius 1 is 1.03 bits per heavy atom. The fraction of sp³-hybridized carbons (Fsp3) is 0.966. The lowest BCUT2D eigenvalue weighted by Crippen LogP contribution is -2.64. The third-order valence-corrected chi connectivity index (χ3v) is 13.4. The van der Waals surface area contributed by atoms with Gasteiger partial charge in [0.05, 0.1) is 10.4 Å². The van der Waals surface area contributed by atoms with Gasteiger partial charge in [-0.1, -0.05) is 70.3 Å². The molecular weight excluding hydrogens is 460 g/mol. The summed E-state index contributed by atoms with van der Waals surface area (Å²) in [7, 11) is 0. The second-order valence-electron chi connectivity index (χ2n) is 13.3. The van der Waals surface area contributed by atoms with Gasteiger partial charge in [-0.3, -0.25) is 4.79 Å². The molecule has 32 heavy (non-hydrogen) atoms. The molecule has 0 bridgehead atoms. The monoisotopic (exact) mass is 508 g/mol. The molecule has 10 atom stereocenters. The van der Waals surface area contributed by atoms with Gasteiger partial charge >= 0.3 is 0 Å². The molecule has 0 unspecified atom stereocenters. The summed E-state index contributed by atoms with van der Waals surface area (Å²) >= 11 is 3.96. The van der Waals surface area contributed by atoms with E-state index >= 15 is 0 Å². The first kappa shape index (κ1) is 25.2. The summed E-state index contributed by atoms with van der Waals surface area (Å²) in [6.07, 6.45) is 12.2. The summed E-state index contributed by atoms with van der Waals surface area (Å²) in [5.74, 6) is 5.57. The highest BCUT2D eigenvalue weighted by Crippen LogP contribution is 2.70. The highest BCUT2D eigenvalue weighted by molar-refractivity contribution is 9.10. The van der Waals surface area contributed by atoms with E-state index in [-0.39, 0.29) is 11.5 Å². The second-order valence-corrected chi connectivity index (χ2v) is 14.7. The third kappa shape index (κ3) is 3.78. The maximum absolute atomic E-state index is 13.6. The Hall–Kier alpha value is 0.110. The number of hydrogen-bond acceptors (Lipinski definition) is 2. The van der Waals surface area contributed by atoms with E-state index < -0.39 is 4.32 Å². The standard InChI is InChI=1S/C29H49BrO2/c1-7-20(18(2)3)9-8-19(4)23-10-11-24-22-16-26(32)29(30)17-21(31)12-15-28(29,6)25(22)13-14-27(23,24)5/h18-25,31H,7-17H2,1-6H3/t19-,20-,21+,22+,23-,24+,25+,27-,28-,29+/m1/s1. The normalized spacial score (nSPS) is 48.2. The molecule has 0 spiro atoms. The Morgan fingerprint density at radius 2 is 1.75 bits per heavy atom. The second kappa shape index (κ2) is 8.96. The molecule has 0 aromatic heterocycles. The molecule has 0 aliphatic heterocycles. The van der Waals surface area contributed by atoms with Gasteiger partial charge in [0.15, 0.2) is 5.78 Å². The molecule has 3 heteroatoms. The van der Waals surface area contributed by atoms with Crippen molar-refractivity contribution in [3.63, 3.8) is 0 Å². The number of aliphatic hydroxyl groups excluding tert-OH is 1. The van der Waals surface area contributed by atoms with E-state index in [0.717, 1.165) is 42.9 Å². The van der Waals surface area contributed by atoms with Crippen LogP contribution in [0.15, 0.2) is 0 Å². The molecule has 4 fully saturated rings. The van der Waals surface area contributed by atoms with Gasteiger partial charge in [-0.25, -0.2) is 0 Å². The molecule has 0 radical (unpaired) electrons. The number of rotatable bonds is 6. The molecule has 0 aromatic rings. The largest absolute Gasteiger partial charge is 0.393 e. The van der Waals surface area contributed by atoms with Crippen LogP contribution in [0, 0.1) is 52.3 Å². The number of carbonyl (C=O) groups is 1. The van der Waals surface area contributed by atoms with Crippen LogP contribution in [0.2, 0.25) is 0 Å². The molecular formula is C29H49BrO2. The highest BCUT2D eigenvalue weighted by Gasteiger charge is 2.67. The van der Waals surface area contributed by atoms with Crippen molar-refractivity contribution in [3.8, 4) is 0 Å². The van der Waals surface area contributed by atoms with E-state index in [0.29, 0.717) is 35.4 Å². The van der Waals surface area contributed by atoms with Gasteiger partial charge in [0.25, 0.3) is 0 Å². The number of fused-ring (bicyclic) bond motifs is 5. The average molecular weight is 510 g/mol. The molecule has 4 aliphatic rings. The topological polar surface area (TPSA) is 37.3 Å². The molecule has 4 aliphatic carbocycles. The Kier molecular flexibility index (Phi) is 7.06. The molecule has 0 aromatic carbocycles. The van der Waals surface area contributed by atoms with Crippen molar-refractivity contribution in [3.05, 3.63) is 0 Å². The number of Topliss-reactive ketones (excluding diaryl/α,β-unsaturated/α-hetero) is 1. The van der Waals surface area contributed by atoms with Crippen LogP contribution < -0.4 is 0 Å². The van der Waals surface area contributed by atoms with Gasteiger partial charge in [0.1, 0.15) is 0 Å². The fourth-order valence-corrected chi connectivity index (χ4v) is 10.7. The Balaban J connectivity index is 1.52. The van der Waals surface area contributed by atoms with E-state index in [1.54, 1.807) is 0 Å². The van der Waals surface area contributed by atoms with E-state index in [1.165, 1.54) is 44.9 Å². The Labute approximate surface area is 206 Å². The average Bonchev–Trinajstić information content (AvgIpc) is 3.08. The zero-order valence-corrected chi connectivity index (χ0v) is 23.2. The first-order chi connectivity index (χ1) is 15.0. The van der Waals surface area contributed by atoms with E-state index in [9.17, 15) is 9.90 Å². The molecule has 4 saturated carbocycles. The van der Waals surface area contributed by atoms with Gasteiger partial charge in [-0.05, 0) is 104 Å². The summed E-state index contributed by atoms with van der Waals surface area (Å²) in [4.78, 5) is 13.6. The maximum Gasteiger partial charge on any atom is 0.150 e. The van der Waals surface area contributed by atoms with Crippen LogP contribution in [0.4, 0.5) is 0 Å². The van der Waals surface area contributed by atoms with Crippen LogP contribution in [-0.2, 0) is 4.79 Å². The molecule has 0 heterocycles. The minimum Gasteiger partial charge on any atom is -0.393 e. The van der Waals surface area contributed by atoms with Crippen molar-refractivity contribution in [1.29, 1.82) is 0 Å². The summed E-state index contributed by atoms with van der Waals surface area (Å²) < 4.78 is -0.496. The van der Waals surface area contributed by atoms with Crippen molar-refractivity contribution >= 4 is 21.7 Å². The van der Waals surface area contributed by atoms with Gasteiger partial charge in [0, 0.05) is 6.42 Å². The van der Waals surface area contributed by atoms with Crippen molar-refractivity contribution in [2.24, 2.45) is 52.3 Å². The summed E-state index contributed by atoms with van der Waals surface area (Å²) in [5.41, 5.74) is 0.417. The zero-order chi connectivity index (χ0) is 23.5. The number of aliphatic hydroxyl groups is 1. The van der Waals surface area contributed by atoms with Crippen molar-refractivity contribution in [2.75, 3.05) is 0 Å². The molecule has 4 rings (SSSR count). The summed E-state index contributed by atoms with van der Waals surface area (Å²) in [5, 5.41) is 10.4. The van der Waals surface area contributed by atoms with Crippen LogP contribution in [-0.4, -0.2) is 21.3 Å².